The second kappa shape index (κ2) is 5.36. The maximum Gasteiger partial charge on any atom is 0.127 e. The van der Waals surface area contributed by atoms with Gasteiger partial charge in [-0.2, -0.15) is 0 Å². The van der Waals surface area contributed by atoms with Crippen LogP contribution in [0.4, 0.5) is 8.78 Å². The summed E-state index contributed by atoms with van der Waals surface area (Å²) in [5.74, 6) is -0.787. The number of aldehydes is 1. The van der Waals surface area contributed by atoms with Crippen molar-refractivity contribution in [2.24, 2.45) is 5.92 Å². The first-order chi connectivity index (χ1) is 8.19. The van der Waals surface area contributed by atoms with Crippen molar-refractivity contribution >= 4 is 6.29 Å². The first-order valence-electron chi connectivity index (χ1n) is 5.80. The fourth-order valence-electron chi connectivity index (χ4n) is 2.25. The molecule has 1 aromatic carbocycles. The van der Waals surface area contributed by atoms with Gasteiger partial charge in [0, 0.05) is 24.6 Å². The van der Waals surface area contributed by atoms with Crippen molar-refractivity contribution in [3.63, 3.8) is 0 Å². The number of piperidine rings is 1. The lowest BCUT2D eigenvalue weighted by molar-refractivity contribution is -0.112. The lowest BCUT2D eigenvalue weighted by atomic mass is 9.99. The highest BCUT2D eigenvalue weighted by Crippen LogP contribution is 2.18. The minimum atomic E-state index is -0.426. The van der Waals surface area contributed by atoms with Gasteiger partial charge in [0.15, 0.2) is 0 Å². The summed E-state index contributed by atoms with van der Waals surface area (Å²) in [6.07, 6.45) is 2.78. The lowest BCUT2D eigenvalue weighted by Crippen LogP contribution is -2.35. The highest BCUT2D eigenvalue weighted by atomic mass is 19.1. The van der Waals surface area contributed by atoms with Gasteiger partial charge in [-0.05, 0) is 37.6 Å². The number of benzene rings is 1. The summed E-state index contributed by atoms with van der Waals surface area (Å²) >= 11 is 0. The Balaban J connectivity index is 2.04. The van der Waals surface area contributed by atoms with Crippen LogP contribution in [0.25, 0.3) is 0 Å². The summed E-state index contributed by atoms with van der Waals surface area (Å²) < 4.78 is 26.4. The normalized spacial score (nSPS) is 21.4. The Morgan fingerprint density at radius 2 is 2.24 bits per heavy atom. The van der Waals surface area contributed by atoms with E-state index in [1.807, 2.05) is 4.90 Å². The average molecular weight is 239 g/mol. The smallest absolute Gasteiger partial charge is 0.127 e. The van der Waals surface area contributed by atoms with Gasteiger partial charge in [-0.3, -0.25) is 4.90 Å². The molecule has 0 N–H and O–H groups in total. The predicted molar refractivity (Wildman–Crippen MR) is 60.4 cm³/mol. The minimum absolute atomic E-state index is 0.0281. The van der Waals surface area contributed by atoms with Gasteiger partial charge in [0.05, 0.1) is 0 Å². The molecule has 0 aromatic heterocycles. The van der Waals surface area contributed by atoms with Crippen molar-refractivity contribution in [2.75, 3.05) is 13.1 Å². The largest absolute Gasteiger partial charge is 0.303 e. The molecule has 0 aliphatic carbocycles. The number of carbonyl (C=O) groups excluding carboxylic acids is 1. The van der Waals surface area contributed by atoms with Crippen LogP contribution in [0.1, 0.15) is 18.4 Å². The van der Waals surface area contributed by atoms with E-state index in [2.05, 4.69) is 0 Å². The van der Waals surface area contributed by atoms with E-state index in [0.717, 1.165) is 37.8 Å². The molecule has 0 radical (unpaired) electrons. The Bertz CT molecular complexity index is 408. The van der Waals surface area contributed by atoms with Crippen molar-refractivity contribution in [3.8, 4) is 0 Å². The van der Waals surface area contributed by atoms with Gasteiger partial charge < -0.3 is 4.79 Å². The summed E-state index contributed by atoms with van der Waals surface area (Å²) in [5.41, 5.74) is 0.358. The van der Waals surface area contributed by atoms with E-state index in [1.54, 1.807) is 0 Å². The van der Waals surface area contributed by atoms with Crippen LogP contribution < -0.4 is 0 Å². The zero-order chi connectivity index (χ0) is 12.3. The Kier molecular flexibility index (Phi) is 3.84. The molecule has 0 bridgehead atoms. The monoisotopic (exact) mass is 239 g/mol. The van der Waals surface area contributed by atoms with E-state index in [0.29, 0.717) is 18.7 Å². The first kappa shape index (κ1) is 12.2. The van der Waals surface area contributed by atoms with Crippen molar-refractivity contribution < 1.29 is 13.6 Å². The summed E-state index contributed by atoms with van der Waals surface area (Å²) in [4.78, 5) is 12.7. The number of hydrogen-bond acceptors (Lipinski definition) is 2. The van der Waals surface area contributed by atoms with E-state index in [4.69, 9.17) is 0 Å². The number of nitrogens with zero attached hydrogens (tertiary/aromatic N) is 1. The molecule has 0 saturated carbocycles. The Morgan fingerprint density at radius 1 is 1.41 bits per heavy atom. The van der Waals surface area contributed by atoms with Crippen LogP contribution in [0.5, 0.6) is 0 Å². The Labute approximate surface area is 99.2 Å². The zero-order valence-electron chi connectivity index (χ0n) is 9.53. The van der Waals surface area contributed by atoms with Crippen LogP contribution in [-0.2, 0) is 11.3 Å². The molecule has 92 valence electrons. The molecule has 1 heterocycles. The second-order valence-electron chi connectivity index (χ2n) is 4.51. The zero-order valence-corrected chi connectivity index (χ0v) is 9.53. The third-order valence-corrected chi connectivity index (χ3v) is 3.14. The maximum absolute atomic E-state index is 13.4. The van der Waals surface area contributed by atoms with E-state index in [-0.39, 0.29) is 11.7 Å². The van der Waals surface area contributed by atoms with Crippen molar-refractivity contribution in [2.45, 2.75) is 19.4 Å². The van der Waals surface area contributed by atoms with Crippen LogP contribution in [0.15, 0.2) is 18.2 Å². The number of halogens is 2. The molecule has 2 nitrogen and oxygen atoms in total. The number of hydrogen-bond donors (Lipinski definition) is 0. The molecular formula is C13H15F2NO. The Morgan fingerprint density at radius 3 is 3.00 bits per heavy atom. The van der Waals surface area contributed by atoms with E-state index in [9.17, 15) is 13.6 Å². The van der Waals surface area contributed by atoms with Gasteiger partial charge in [-0.1, -0.05) is 0 Å². The van der Waals surface area contributed by atoms with E-state index >= 15 is 0 Å². The topological polar surface area (TPSA) is 20.3 Å². The van der Waals surface area contributed by atoms with Crippen LogP contribution in [0.3, 0.4) is 0 Å². The molecule has 1 atom stereocenters. The molecular weight excluding hydrogens is 224 g/mol. The molecule has 1 unspecified atom stereocenters. The molecule has 0 amide bonds. The van der Waals surface area contributed by atoms with Gasteiger partial charge >= 0.3 is 0 Å². The molecule has 1 fully saturated rings. The fraction of sp³-hybridized carbons (Fsp3) is 0.462. The minimum Gasteiger partial charge on any atom is -0.303 e. The van der Waals surface area contributed by atoms with Crippen molar-refractivity contribution in [1.29, 1.82) is 0 Å². The molecule has 4 heteroatoms. The molecule has 1 saturated heterocycles. The van der Waals surface area contributed by atoms with Gasteiger partial charge in [0.2, 0.25) is 0 Å². The molecule has 0 spiro atoms. The summed E-state index contributed by atoms with van der Waals surface area (Å²) in [7, 11) is 0. The van der Waals surface area contributed by atoms with Gasteiger partial charge in [0.1, 0.15) is 17.9 Å². The second-order valence-corrected chi connectivity index (χ2v) is 4.51. The SMILES string of the molecule is O=CC1CCCN(Cc2cc(F)ccc2F)C1. The Hall–Kier alpha value is -1.29. The molecule has 17 heavy (non-hydrogen) atoms. The third-order valence-electron chi connectivity index (χ3n) is 3.14. The summed E-state index contributed by atoms with van der Waals surface area (Å²) in [6, 6.07) is 3.48. The van der Waals surface area contributed by atoms with Gasteiger partial charge in [0.25, 0.3) is 0 Å². The third kappa shape index (κ3) is 3.09. The molecule has 1 aliphatic rings. The molecule has 1 aliphatic heterocycles. The fourth-order valence-corrected chi connectivity index (χ4v) is 2.25. The highest BCUT2D eigenvalue weighted by Gasteiger charge is 2.20. The molecule has 1 aromatic rings. The highest BCUT2D eigenvalue weighted by molar-refractivity contribution is 5.53. The maximum atomic E-state index is 13.4. The summed E-state index contributed by atoms with van der Waals surface area (Å²) in [5, 5.41) is 0. The standard InChI is InChI=1S/C13H15F2NO/c14-12-3-4-13(15)11(6-12)8-16-5-1-2-10(7-16)9-17/h3-4,6,9-10H,1-2,5,7-8H2. The first-order valence-corrected chi connectivity index (χ1v) is 5.80. The predicted octanol–water partition coefficient (Wildman–Crippen LogP) is 2.38. The lowest BCUT2D eigenvalue weighted by Gasteiger charge is -2.30. The van der Waals surface area contributed by atoms with Crippen LogP contribution >= 0.6 is 0 Å². The van der Waals surface area contributed by atoms with E-state index < -0.39 is 5.82 Å². The van der Waals surface area contributed by atoms with Crippen LogP contribution in [-0.4, -0.2) is 24.3 Å². The summed E-state index contributed by atoms with van der Waals surface area (Å²) in [6.45, 7) is 1.84. The van der Waals surface area contributed by atoms with Gasteiger partial charge in [-0.25, -0.2) is 8.78 Å². The number of likely N-dealkylation sites (tertiary alicyclic amines) is 1. The number of rotatable bonds is 3. The quantitative estimate of drug-likeness (QED) is 0.755. The van der Waals surface area contributed by atoms with Crippen molar-refractivity contribution in [1.82, 2.24) is 4.90 Å². The van der Waals surface area contributed by atoms with Crippen molar-refractivity contribution in [3.05, 3.63) is 35.4 Å². The van der Waals surface area contributed by atoms with Crippen LogP contribution in [0.2, 0.25) is 0 Å². The molecule has 2 rings (SSSR count). The average Bonchev–Trinajstić information content (AvgIpc) is 2.34. The van der Waals surface area contributed by atoms with E-state index in [1.165, 1.54) is 6.07 Å². The van der Waals surface area contributed by atoms with Crippen LogP contribution in [0, 0.1) is 17.6 Å². The van der Waals surface area contributed by atoms with Gasteiger partial charge in [-0.15, -0.1) is 0 Å². The number of carbonyl (C=O) groups is 1.